The first-order chi connectivity index (χ1) is 10.4. The average molecular weight is 305 g/mol. The highest BCUT2D eigenvalue weighted by molar-refractivity contribution is 5.79. The number of carbonyl (C=O) groups is 2. The first-order valence-electron chi connectivity index (χ1n) is 7.60. The van der Waals surface area contributed by atoms with Gasteiger partial charge in [0.2, 0.25) is 5.91 Å². The second kappa shape index (κ2) is 6.81. The Balaban J connectivity index is 2.17. The molecule has 2 rings (SSSR count). The number of methoxy groups -OCH3 is 1. The van der Waals surface area contributed by atoms with E-state index in [4.69, 9.17) is 4.74 Å². The molecule has 1 fully saturated rings. The van der Waals surface area contributed by atoms with Gasteiger partial charge in [-0.2, -0.15) is 0 Å². The lowest BCUT2D eigenvalue weighted by molar-refractivity contribution is -0.139. The predicted molar refractivity (Wildman–Crippen MR) is 82.7 cm³/mol. The zero-order valence-corrected chi connectivity index (χ0v) is 13.1. The van der Waals surface area contributed by atoms with Crippen molar-refractivity contribution in [2.75, 3.05) is 7.11 Å². The third-order valence-electron chi connectivity index (χ3n) is 4.33. The minimum absolute atomic E-state index is 0.0868. The van der Waals surface area contributed by atoms with Crippen LogP contribution in [0.4, 0.5) is 0 Å². The lowest BCUT2D eigenvalue weighted by Crippen LogP contribution is -2.45. The second-order valence-corrected chi connectivity index (χ2v) is 6.18. The average Bonchev–Trinajstić information content (AvgIpc) is 2.42. The molecule has 0 aromatic heterocycles. The van der Waals surface area contributed by atoms with Gasteiger partial charge in [-0.1, -0.05) is 18.6 Å². The van der Waals surface area contributed by atoms with Crippen LogP contribution in [-0.4, -0.2) is 24.1 Å². The second-order valence-electron chi connectivity index (χ2n) is 6.18. The number of benzene rings is 1. The topological polar surface area (TPSA) is 75.6 Å². The summed E-state index contributed by atoms with van der Waals surface area (Å²) in [7, 11) is 1.56. The Morgan fingerprint density at radius 2 is 2.14 bits per heavy atom. The van der Waals surface area contributed by atoms with Gasteiger partial charge in [-0.15, -0.1) is 0 Å². The van der Waals surface area contributed by atoms with E-state index in [1.807, 2.05) is 6.07 Å². The van der Waals surface area contributed by atoms with E-state index in [0.717, 1.165) is 18.4 Å². The van der Waals surface area contributed by atoms with Gasteiger partial charge in [0, 0.05) is 6.42 Å². The summed E-state index contributed by atoms with van der Waals surface area (Å²) in [5, 5.41) is 12.1. The largest absolute Gasteiger partial charge is 0.497 e. The number of hydrogen-bond acceptors (Lipinski definition) is 3. The highest BCUT2D eigenvalue weighted by Gasteiger charge is 2.33. The molecule has 1 aromatic rings. The maximum absolute atomic E-state index is 12.2. The summed E-state index contributed by atoms with van der Waals surface area (Å²) in [6, 6.07) is 7.18. The Bertz CT molecular complexity index is 553. The smallest absolute Gasteiger partial charge is 0.306 e. The molecule has 5 heteroatoms. The third kappa shape index (κ3) is 4.00. The molecule has 22 heavy (non-hydrogen) atoms. The van der Waals surface area contributed by atoms with E-state index in [9.17, 15) is 14.7 Å². The fourth-order valence-electron chi connectivity index (χ4n) is 2.81. The zero-order chi connectivity index (χ0) is 16.2. The van der Waals surface area contributed by atoms with Crippen molar-refractivity contribution in [3.8, 4) is 5.75 Å². The van der Waals surface area contributed by atoms with Gasteiger partial charge in [0.25, 0.3) is 0 Å². The summed E-state index contributed by atoms with van der Waals surface area (Å²) in [6.45, 7) is 1.74. The zero-order valence-electron chi connectivity index (χ0n) is 13.1. The minimum atomic E-state index is -0.950. The molecule has 0 heterocycles. The predicted octanol–water partition coefficient (Wildman–Crippen LogP) is 2.69. The normalized spacial score (nSPS) is 17.2. The van der Waals surface area contributed by atoms with Gasteiger partial charge < -0.3 is 15.2 Å². The van der Waals surface area contributed by atoms with Gasteiger partial charge in [-0.25, -0.2) is 0 Å². The Hall–Kier alpha value is -2.04. The molecule has 0 bridgehead atoms. The summed E-state index contributed by atoms with van der Waals surface area (Å²) in [4.78, 5) is 23.5. The quantitative estimate of drug-likeness (QED) is 0.812. The monoisotopic (exact) mass is 305 g/mol. The van der Waals surface area contributed by atoms with E-state index in [0.29, 0.717) is 18.1 Å². The van der Waals surface area contributed by atoms with Crippen molar-refractivity contribution in [2.24, 2.45) is 5.92 Å². The molecule has 1 aliphatic carbocycles. The summed E-state index contributed by atoms with van der Waals surface area (Å²) in [5.74, 6) is 0.0484. The Labute approximate surface area is 130 Å². The highest BCUT2D eigenvalue weighted by Crippen LogP contribution is 2.31. The number of aliphatic carboxylic acids is 1. The van der Waals surface area contributed by atoms with Crippen LogP contribution in [0.3, 0.4) is 0 Å². The van der Waals surface area contributed by atoms with E-state index < -0.39 is 11.5 Å². The maximum Gasteiger partial charge on any atom is 0.306 e. The number of hydrogen-bond donors (Lipinski definition) is 2. The number of rotatable bonds is 7. The number of amides is 1. The van der Waals surface area contributed by atoms with Crippen molar-refractivity contribution in [1.29, 1.82) is 0 Å². The first kappa shape index (κ1) is 16.3. The van der Waals surface area contributed by atoms with Gasteiger partial charge in [-0.05, 0) is 43.4 Å². The molecule has 0 aliphatic heterocycles. The Morgan fingerprint density at radius 3 is 2.68 bits per heavy atom. The van der Waals surface area contributed by atoms with Gasteiger partial charge in [0.1, 0.15) is 5.75 Å². The lowest BCUT2D eigenvalue weighted by Gasteiger charge is -2.32. The molecule has 0 spiro atoms. The molecule has 0 saturated heterocycles. The molecule has 120 valence electrons. The number of nitrogens with one attached hydrogen (secondary N) is 1. The van der Waals surface area contributed by atoms with Crippen molar-refractivity contribution in [1.82, 2.24) is 5.32 Å². The van der Waals surface area contributed by atoms with Gasteiger partial charge in [0.05, 0.1) is 19.1 Å². The third-order valence-corrected chi connectivity index (χ3v) is 4.33. The fraction of sp³-hybridized carbons (Fsp3) is 0.529. The molecule has 1 saturated carbocycles. The minimum Gasteiger partial charge on any atom is -0.497 e. The molecule has 2 N–H and O–H groups in total. The van der Waals surface area contributed by atoms with Crippen molar-refractivity contribution in [3.05, 3.63) is 29.8 Å². The Kier molecular flexibility index (Phi) is 5.06. The first-order valence-corrected chi connectivity index (χ1v) is 7.60. The summed E-state index contributed by atoms with van der Waals surface area (Å²) in [6.07, 6.45) is 3.65. The van der Waals surface area contributed by atoms with Gasteiger partial charge in [-0.3, -0.25) is 9.59 Å². The molecule has 1 unspecified atom stereocenters. The Morgan fingerprint density at radius 1 is 1.41 bits per heavy atom. The van der Waals surface area contributed by atoms with Crippen LogP contribution in [0.15, 0.2) is 24.3 Å². The van der Waals surface area contributed by atoms with E-state index in [-0.39, 0.29) is 12.3 Å². The van der Waals surface area contributed by atoms with Crippen LogP contribution in [0.5, 0.6) is 5.75 Å². The van der Waals surface area contributed by atoms with E-state index >= 15 is 0 Å². The standard InChI is InChI=1S/C17H23NO4/c1-17(11-16(20)21,13-7-4-8-14(10-13)22-2)18-15(19)9-12-5-3-6-12/h4,7-8,10,12H,3,5-6,9,11H2,1-2H3,(H,18,19)(H,20,21). The summed E-state index contributed by atoms with van der Waals surface area (Å²) >= 11 is 0. The maximum atomic E-state index is 12.2. The van der Waals surface area contributed by atoms with Crippen LogP contribution >= 0.6 is 0 Å². The molecule has 1 aromatic carbocycles. The summed E-state index contributed by atoms with van der Waals surface area (Å²) in [5.41, 5.74) is -0.211. The molecule has 1 aliphatic rings. The fourth-order valence-corrected chi connectivity index (χ4v) is 2.81. The summed E-state index contributed by atoms with van der Waals surface area (Å²) < 4.78 is 5.19. The molecule has 1 amide bonds. The van der Waals surface area contributed by atoms with Crippen LogP contribution in [0.25, 0.3) is 0 Å². The van der Waals surface area contributed by atoms with Crippen molar-refractivity contribution in [2.45, 2.75) is 44.6 Å². The van der Waals surface area contributed by atoms with Crippen molar-refractivity contribution >= 4 is 11.9 Å². The van der Waals surface area contributed by atoms with Crippen LogP contribution in [-0.2, 0) is 15.1 Å². The number of carboxylic acid groups (broad SMARTS) is 1. The molecule has 1 atom stereocenters. The highest BCUT2D eigenvalue weighted by atomic mass is 16.5. The molecule has 5 nitrogen and oxygen atoms in total. The number of carbonyl (C=O) groups excluding carboxylic acids is 1. The molecule has 0 radical (unpaired) electrons. The van der Waals surface area contributed by atoms with E-state index in [2.05, 4.69) is 5.32 Å². The van der Waals surface area contributed by atoms with E-state index in [1.54, 1.807) is 32.2 Å². The van der Waals surface area contributed by atoms with Crippen LogP contribution in [0.1, 0.15) is 44.6 Å². The van der Waals surface area contributed by atoms with Crippen LogP contribution in [0.2, 0.25) is 0 Å². The molecular weight excluding hydrogens is 282 g/mol. The number of carboxylic acids is 1. The SMILES string of the molecule is COc1cccc(C(C)(CC(=O)O)NC(=O)CC2CCC2)c1. The lowest BCUT2D eigenvalue weighted by atomic mass is 9.82. The van der Waals surface area contributed by atoms with E-state index in [1.165, 1.54) is 6.42 Å². The number of ether oxygens (including phenoxy) is 1. The van der Waals surface area contributed by atoms with Crippen molar-refractivity contribution in [3.63, 3.8) is 0 Å². The van der Waals surface area contributed by atoms with Crippen LogP contribution in [0, 0.1) is 5.92 Å². The van der Waals surface area contributed by atoms with Crippen LogP contribution < -0.4 is 10.1 Å². The molecular formula is C17H23NO4. The van der Waals surface area contributed by atoms with Gasteiger partial charge >= 0.3 is 5.97 Å². The van der Waals surface area contributed by atoms with Crippen molar-refractivity contribution < 1.29 is 19.4 Å². The van der Waals surface area contributed by atoms with Gasteiger partial charge in [0.15, 0.2) is 0 Å².